The molecule has 0 radical (unpaired) electrons. The zero-order chi connectivity index (χ0) is 12.8. The molecular formula is C13H22N2O2. The highest BCUT2D eigenvalue weighted by Gasteiger charge is 2.53. The van der Waals surface area contributed by atoms with E-state index in [9.17, 15) is 9.59 Å². The number of hydrogen-bond donors (Lipinski definition) is 1. The molecule has 0 aromatic rings. The number of nitrogens with one attached hydrogen (secondary N) is 1. The van der Waals surface area contributed by atoms with Crippen molar-refractivity contribution in [3.8, 4) is 0 Å². The second-order valence-corrected chi connectivity index (χ2v) is 6.30. The summed E-state index contributed by atoms with van der Waals surface area (Å²) < 4.78 is 0. The Kier molecular flexibility index (Phi) is 2.71. The summed E-state index contributed by atoms with van der Waals surface area (Å²) in [5, 5.41) is 2.96. The van der Waals surface area contributed by atoms with Gasteiger partial charge in [0.05, 0.1) is 0 Å². The van der Waals surface area contributed by atoms with Gasteiger partial charge in [0.15, 0.2) is 0 Å². The maximum Gasteiger partial charge on any atom is 0.249 e. The lowest BCUT2D eigenvalue weighted by Gasteiger charge is -2.49. The normalized spacial score (nSPS) is 28.7. The van der Waals surface area contributed by atoms with Crippen molar-refractivity contribution in [1.29, 1.82) is 0 Å². The average Bonchev–Trinajstić information content (AvgIpc) is 2.63. The van der Waals surface area contributed by atoms with Gasteiger partial charge in [0.25, 0.3) is 0 Å². The summed E-state index contributed by atoms with van der Waals surface area (Å²) in [6.07, 6.45) is 3.63. The molecule has 1 heterocycles. The molecule has 1 spiro atoms. The van der Waals surface area contributed by atoms with Crippen LogP contribution in [-0.2, 0) is 9.59 Å². The van der Waals surface area contributed by atoms with Gasteiger partial charge < -0.3 is 10.2 Å². The van der Waals surface area contributed by atoms with Crippen LogP contribution in [-0.4, -0.2) is 33.8 Å². The van der Waals surface area contributed by atoms with Crippen LogP contribution in [0.25, 0.3) is 0 Å². The summed E-state index contributed by atoms with van der Waals surface area (Å²) in [5.41, 5.74) is -0.902. The highest BCUT2D eigenvalue weighted by Crippen LogP contribution is 2.36. The number of nitrogens with zero attached hydrogens (tertiary/aromatic N) is 1. The van der Waals surface area contributed by atoms with Crippen molar-refractivity contribution in [2.45, 2.75) is 70.5 Å². The van der Waals surface area contributed by atoms with Gasteiger partial charge in [-0.05, 0) is 40.5 Å². The van der Waals surface area contributed by atoms with Gasteiger partial charge in [-0.3, -0.25) is 9.59 Å². The van der Waals surface area contributed by atoms with Gasteiger partial charge >= 0.3 is 0 Å². The van der Waals surface area contributed by atoms with Crippen molar-refractivity contribution in [1.82, 2.24) is 10.2 Å². The smallest absolute Gasteiger partial charge is 0.249 e. The molecule has 2 rings (SSSR count). The van der Waals surface area contributed by atoms with Crippen LogP contribution < -0.4 is 5.32 Å². The summed E-state index contributed by atoms with van der Waals surface area (Å²) >= 11 is 0. The standard InChI is InChI=1S/C13H22N2O2/c1-9-10(16)14-13(7-5-6-8-13)11(17)15(9)12(2,3)4/h9H,5-8H2,1-4H3,(H,14,16). The van der Waals surface area contributed by atoms with E-state index in [0.29, 0.717) is 0 Å². The minimum atomic E-state index is -0.600. The van der Waals surface area contributed by atoms with Crippen LogP contribution in [0.2, 0.25) is 0 Å². The molecule has 4 nitrogen and oxygen atoms in total. The third-order valence-electron chi connectivity index (χ3n) is 3.94. The Labute approximate surface area is 103 Å². The molecule has 1 N–H and O–H groups in total. The van der Waals surface area contributed by atoms with Crippen LogP contribution in [0.4, 0.5) is 0 Å². The van der Waals surface area contributed by atoms with Crippen molar-refractivity contribution in [2.24, 2.45) is 0 Å². The van der Waals surface area contributed by atoms with E-state index in [1.54, 1.807) is 11.8 Å². The topological polar surface area (TPSA) is 49.4 Å². The maximum atomic E-state index is 12.7. The van der Waals surface area contributed by atoms with Gasteiger partial charge in [-0.2, -0.15) is 0 Å². The molecule has 96 valence electrons. The molecule has 17 heavy (non-hydrogen) atoms. The summed E-state index contributed by atoms with van der Waals surface area (Å²) in [7, 11) is 0. The fourth-order valence-corrected chi connectivity index (χ4v) is 3.12. The fraction of sp³-hybridized carbons (Fsp3) is 0.846. The van der Waals surface area contributed by atoms with Gasteiger partial charge in [0.2, 0.25) is 11.8 Å². The van der Waals surface area contributed by atoms with Crippen LogP contribution in [0, 0.1) is 0 Å². The second-order valence-electron chi connectivity index (χ2n) is 6.30. The fourth-order valence-electron chi connectivity index (χ4n) is 3.12. The minimum Gasteiger partial charge on any atom is -0.340 e. The largest absolute Gasteiger partial charge is 0.340 e. The van der Waals surface area contributed by atoms with E-state index in [4.69, 9.17) is 0 Å². The van der Waals surface area contributed by atoms with Crippen molar-refractivity contribution in [3.63, 3.8) is 0 Å². The lowest BCUT2D eigenvalue weighted by Crippen LogP contribution is -2.72. The van der Waals surface area contributed by atoms with Crippen molar-refractivity contribution in [2.75, 3.05) is 0 Å². The molecular weight excluding hydrogens is 216 g/mol. The molecule has 1 aliphatic carbocycles. The Morgan fingerprint density at radius 2 is 1.76 bits per heavy atom. The SMILES string of the molecule is CC1C(=O)NC2(CCCC2)C(=O)N1C(C)(C)C. The Balaban J connectivity index is 2.37. The Bertz CT molecular complexity index is 351. The van der Waals surface area contributed by atoms with Crippen molar-refractivity contribution >= 4 is 11.8 Å². The predicted molar refractivity (Wildman–Crippen MR) is 65.4 cm³/mol. The van der Waals surface area contributed by atoms with Gasteiger partial charge in [0.1, 0.15) is 11.6 Å². The molecule has 0 aromatic carbocycles. The summed E-state index contributed by atoms with van der Waals surface area (Å²) in [6, 6.07) is -0.367. The lowest BCUT2D eigenvalue weighted by atomic mass is 9.87. The highest BCUT2D eigenvalue weighted by molar-refractivity contribution is 6.00. The monoisotopic (exact) mass is 238 g/mol. The maximum absolute atomic E-state index is 12.7. The first-order chi connectivity index (χ1) is 7.78. The van der Waals surface area contributed by atoms with E-state index >= 15 is 0 Å². The molecule has 1 atom stereocenters. The van der Waals surface area contributed by atoms with Crippen molar-refractivity contribution < 1.29 is 9.59 Å². The molecule has 2 aliphatic rings. The van der Waals surface area contributed by atoms with Gasteiger partial charge in [-0.1, -0.05) is 12.8 Å². The molecule has 0 aromatic heterocycles. The number of hydrogen-bond acceptors (Lipinski definition) is 2. The van der Waals surface area contributed by atoms with Gasteiger partial charge in [-0.15, -0.1) is 0 Å². The molecule has 2 fully saturated rings. The lowest BCUT2D eigenvalue weighted by molar-refractivity contribution is -0.160. The van der Waals surface area contributed by atoms with E-state index in [-0.39, 0.29) is 23.4 Å². The quantitative estimate of drug-likeness (QED) is 0.694. The zero-order valence-corrected chi connectivity index (χ0v) is 11.2. The van der Waals surface area contributed by atoms with E-state index in [1.165, 1.54) is 0 Å². The first-order valence-corrected chi connectivity index (χ1v) is 6.44. The first-order valence-electron chi connectivity index (χ1n) is 6.44. The Hall–Kier alpha value is -1.06. The predicted octanol–water partition coefficient (Wildman–Crippen LogP) is 1.44. The van der Waals surface area contributed by atoms with E-state index < -0.39 is 5.54 Å². The van der Waals surface area contributed by atoms with Crippen molar-refractivity contribution in [3.05, 3.63) is 0 Å². The number of carbonyl (C=O) groups excluding carboxylic acids is 2. The molecule has 1 unspecified atom stereocenters. The molecule has 0 bridgehead atoms. The van der Waals surface area contributed by atoms with Crippen LogP contribution in [0.1, 0.15) is 53.4 Å². The molecule has 1 saturated carbocycles. The van der Waals surface area contributed by atoms with E-state index in [2.05, 4.69) is 5.32 Å². The summed E-state index contributed by atoms with van der Waals surface area (Å²) in [6.45, 7) is 7.77. The molecule has 1 saturated heterocycles. The van der Waals surface area contributed by atoms with Crippen LogP contribution in [0.3, 0.4) is 0 Å². The number of piperazine rings is 1. The first kappa shape index (κ1) is 12.4. The minimum absolute atomic E-state index is 0.0126. The number of rotatable bonds is 0. The second kappa shape index (κ2) is 3.72. The van der Waals surface area contributed by atoms with Crippen LogP contribution in [0.15, 0.2) is 0 Å². The van der Waals surface area contributed by atoms with Gasteiger partial charge in [-0.25, -0.2) is 0 Å². The third-order valence-corrected chi connectivity index (χ3v) is 3.94. The zero-order valence-electron chi connectivity index (χ0n) is 11.2. The number of carbonyl (C=O) groups is 2. The Morgan fingerprint density at radius 3 is 2.24 bits per heavy atom. The van der Waals surface area contributed by atoms with Gasteiger partial charge in [0, 0.05) is 5.54 Å². The Morgan fingerprint density at radius 1 is 1.24 bits per heavy atom. The summed E-state index contributed by atoms with van der Waals surface area (Å²) in [5.74, 6) is 0.0935. The highest BCUT2D eigenvalue weighted by atomic mass is 16.2. The third kappa shape index (κ3) is 1.83. The van der Waals surface area contributed by atoms with E-state index in [1.807, 2.05) is 20.8 Å². The molecule has 4 heteroatoms. The van der Waals surface area contributed by atoms with Crippen LogP contribution >= 0.6 is 0 Å². The molecule has 1 aliphatic heterocycles. The average molecular weight is 238 g/mol. The number of amides is 2. The summed E-state index contributed by atoms with van der Waals surface area (Å²) in [4.78, 5) is 26.5. The van der Waals surface area contributed by atoms with E-state index in [0.717, 1.165) is 25.7 Å². The van der Waals surface area contributed by atoms with Crippen LogP contribution in [0.5, 0.6) is 0 Å². The molecule has 2 amide bonds.